The lowest BCUT2D eigenvalue weighted by Gasteiger charge is -2.07. The van der Waals surface area contributed by atoms with E-state index in [1.54, 1.807) is 6.20 Å². The van der Waals surface area contributed by atoms with E-state index < -0.39 is 5.82 Å². The lowest BCUT2D eigenvalue weighted by molar-refractivity contribution is -0.118. The largest absolute Gasteiger partial charge is 0.482 e. The number of benzene rings is 2. The van der Waals surface area contributed by atoms with E-state index in [0.29, 0.717) is 5.13 Å². The second-order valence-electron chi connectivity index (χ2n) is 5.21. The topological polar surface area (TPSA) is 51.2 Å². The molecule has 4 nitrogen and oxygen atoms in total. The fourth-order valence-electron chi connectivity index (χ4n) is 2.13. The van der Waals surface area contributed by atoms with Crippen molar-refractivity contribution in [3.63, 3.8) is 0 Å². The van der Waals surface area contributed by atoms with Gasteiger partial charge in [0, 0.05) is 17.5 Å². The Morgan fingerprint density at radius 2 is 2.04 bits per heavy atom. The molecule has 0 unspecified atom stereocenters. The summed E-state index contributed by atoms with van der Waals surface area (Å²) in [5, 5.41) is 3.30. The highest BCUT2D eigenvalue weighted by molar-refractivity contribution is 7.15. The van der Waals surface area contributed by atoms with Crippen LogP contribution < -0.4 is 10.1 Å². The van der Waals surface area contributed by atoms with Gasteiger partial charge in [-0.1, -0.05) is 41.9 Å². The first-order valence-electron chi connectivity index (χ1n) is 7.46. The smallest absolute Gasteiger partial charge is 0.264 e. The van der Waals surface area contributed by atoms with Crippen LogP contribution in [0.25, 0.3) is 0 Å². The van der Waals surface area contributed by atoms with Crippen LogP contribution in [0.5, 0.6) is 5.75 Å². The highest BCUT2D eigenvalue weighted by atomic mass is 35.5. The predicted octanol–water partition coefficient (Wildman–Crippen LogP) is 4.54. The van der Waals surface area contributed by atoms with E-state index in [2.05, 4.69) is 10.3 Å². The third-order valence-corrected chi connectivity index (χ3v) is 4.48. The number of aromatic nitrogens is 1. The standard InChI is InChI=1S/C18H14ClFN2O2S/c19-15-9-13(20)6-7-16(15)24-11-17(23)22-18-21-10-14(25-18)8-12-4-2-1-3-5-12/h1-7,9-10H,8,11H2,(H,21,22,23). The maximum absolute atomic E-state index is 13.0. The van der Waals surface area contributed by atoms with Crippen LogP contribution in [0.15, 0.2) is 54.7 Å². The van der Waals surface area contributed by atoms with Crippen LogP contribution in [-0.4, -0.2) is 17.5 Å². The minimum atomic E-state index is -0.462. The van der Waals surface area contributed by atoms with Gasteiger partial charge in [-0.2, -0.15) is 0 Å². The van der Waals surface area contributed by atoms with Crippen molar-refractivity contribution in [1.82, 2.24) is 4.98 Å². The molecule has 0 aliphatic carbocycles. The number of amides is 1. The summed E-state index contributed by atoms with van der Waals surface area (Å²) in [5.74, 6) is -0.571. The number of halogens is 2. The van der Waals surface area contributed by atoms with Crippen molar-refractivity contribution in [1.29, 1.82) is 0 Å². The van der Waals surface area contributed by atoms with Gasteiger partial charge in [-0.3, -0.25) is 10.1 Å². The number of rotatable bonds is 6. The summed E-state index contributed by atoms with van der Waals surface area (Å²) >= 11 is 7.26. The van der Waals surface area contributed by atoms with Gasteiger partial charge in [0.1, 0.15) is 11.6 Å². The zero-order valence-corrected chi connectivity index (χ0v) is 14.6. The van der Waals surface area contributed by atoms with E-state index in [0.717, 1.165) is 17.4 Å². The Kier molecular flexibility index (Phi) is 5.63. The van der Waals surface area contributed by atoms with Crippen LogP contribution in [-0.2, 0) is 11.2 Å². The van der Waals surface area contributed by atoms with Crippen LogP contribution in [0.1, 0.15) is 10.4 Å². The van der Waals surface area contributed by atoms with Crippen LogP contribution >= 0.6 is 22.9 Å². The second kappa shape index (κ2) is 8.09. The fourth-order valence-corrected chi connectivity index (χ4v) is 3.22. The monoisotopic (exact) mass is 376 g/mol. The lowest BCUT2D eigenvalue weighted by Crippen LogP contribution is -2.20. The Bertz CT molecular complexity index is 871. The number of thiazole rings is 1. The number of hydrogen-bond acceptors (Lipinski definition) is 4. The van der Waals surface area contributed by atoms with Gasteiger partial charge in [0.05, 0.1) is 5.02 Å². The van der Waals surface area contributed by atoms with Crippen molar-refractivity contribution in [2.45, 2.75) is 6.42 Å². The molecule has 7 heteroatoms. The number of hydrogen-bond donors (Lipinski definition) is 1. The molecule has 1 N–H and O–H groups in total. The van der Waals surface area contributed by atoms with Crippen molar-refractivity contribution in [3.05, 3.63) is 76.0 Å². The molecule has 25 heavy (non-hydrogen) atoms. The minimum absolute atomic E-state index is 0.118. The quantitative estimate of drug-likeness (QED) is 0.687. The fraction of sp³-hybridized carbons (Fsp3) is 0.111. The van der Waals surface area contributed by atoms with Crippen molar-refractivity contribution >= 4 is 34.0 Å². The van der Waals surface area contributed by atoms with E-state index >= 15 is 0 Å². The Balaban J connectivity index is 1.53. The van der Waals surface area contributed by atoms with Crippen LogP contribution in [0.4, 0.5) is 9.52 Å². The van der Waals surface area contributed by atoms with Gasteiger partial charge in [0.15, 0.2) is 11.7 Å². The van der Waals surface area contributed by atoms with E-state index in [-0.39, 0.29) is 23.3 Å². The molecule has 0 atom stereocenters. The molecule has 0 radical (unpaired) electrons. The maximum atomic E-state index is 13.0. The van der Waals surface area contributed by atoms with E-state index in [1.807, 2.05) is 30.3 Å². The van der Waals surface area contributed by atoms with Crippen molar-refractivity contribution in [2.24, 2.45) is 0 Å². The summed E-state index contributed by atoms with van der Waals surface area (Å²) in [4.78, 5) is 17.2. The molecular formula is C18H14ClFN2O2S. The zero-order chi connectivity index (χ0) is 17.6. The number of nitrogens with zero attached hydrogens (tertiary/aromatic N) is 1. The molecule has 1 heterocycles. The van der Waals surface area contributed by atoms with Crippen LogP contribution in [0, 0.1) is 5.82 Å². The summed E-state index contributed by atoms with van der Waals surface area (Å²) in [5.41, 5.74) is 1.18. The third-order valence-electron chi connectivity index (χ3n) is 3.27. The average molecular weight is 377 g/mol. The summed E-state index contributed by atoms with van der Waals surface area (Å²) < 4.78 is 18.3. The Morgan fingerprint density at radius 1 is 1.24 bits per heavy atom. The highest BCUT2D eigenvalue weighted by Gasteiger charge is 2.10. The summed E-state index contributed by atoms with van der Waals surface area (Å²) in [6, 6.07) is 13.7. The number of carbonyl (C=O) groups excluding carboxylic acids is 1. The van der Waals surface area contributed by atoms with E-state index in [4.69, 9.17) is 16.3 Å². The number of ether oxygens (including phenoxy) is 1. The molecule has 0 spiro atoms. The molecule has 2 aromatic carbocycles. The molecule has 128 valence electrons. The molecule has 0 bridgehead atoms. The molecule has 1 aromatic heterocycles. The second-order valence-corrected chi connectivity index (χ2v) is 6.73. The zero-order valence-electron chi connectivity index (χ0n) is 13.0. The molecule has 0 fully saturated rings. The summed E-state index contributed by atoms with van der Waals surface area (Å²) in [7, 11) is 0. The molecule has 1 amide bonds. The van der Waals surface area contributed by atoms with Gasteiger partial charge in [0.25, 0.3) is 5.91 Å². The molecule has 3 rings (SSSR count). The number of carbonyl (C=O) groups is 1. The number of nitrogens with one attached hydrogen (secondary N) is 1. The normalized spacial score (nSPS) is 10.5. The number of anilines is 1. The van der Waals surface area contributed by atoms with E-state index in [9.17, 15) is 9.18 Å². The summed E-state index contributed by atoms with van der Waals surface area (Å²) in [6.45, 7) is -0.237. The van der Waals surface area contributed by atoms with Crippen molar-refractivity contribution in [3.8, 4) is 5.75 Å². The molecule has 0 aliphatic rings. The Hall–Kier alpha value is -2.44. The van der Waals surface area contributed by atoms with Crippen molar-refractivity contribution in [2.75, 3.05) is 11.9 Å². The predicted molar refractivity (Wildman–Crippen MR) is 96.9 cm³/mol. The Labute approximate surface area is 153 Å². The van der Waals surface area contributed by atoms with Gasteiger partial charge in [0.2, 0.25) is 0 Å². The van der Waals surface area contributed by atoms with Gasteiger partial charge < -0.3 is 4.74 Å². The van der Waals surface area contributed by atoms with Gasteiger partial charge in [-0.05, 0) is 23.8 Å². The average Bonchev–Trinajstić information content (AvgIpc) is 3.02. The van der Waals surface area contributed by atoms with E-state index in [1.165, 1.54) is 29.0 Å². The first kappa shape index (κ1) is 17.4. The molecular weight excluding hydrogens is 363 g/mol. The molecule has 3 aromatic rings. The van der Waals surface area contributed by atoms with Gasteiger partial charge >= 0.3 is 0 Å². The summed E-state index contributed by atoms with van der Waals surface area (Å²) in [6.07, 6.45) is 2.50. The highest BCUT2D eigenvalue weighted by Crippen LogP contribution is 2.25. The van der Waals surface area contributed by atoms with Crippen molar-refractivity contribution < 1.29 is 13.9 Å². The van der Waals surface area contributed by atoms with Gasteiger partial charge in [-0.15, -0.1) is 11.3 Å². The first-order valence-corrected chi connectivity index (χ1v) is 8.66. The third kappa shape index (κ3) is 5.01. The Morgan fingerprint density at radius 3 is 2.80 bits per heavy atom. The molecule has 0 saturated carbocycles. The minimum Gasteiger partial charge on any atom is -0.482 e. The van der Waals surface area contributed by atoms with Crippen LogP contribution in [0.2, 0.25) is 5.02 Å². The molecule has 0 aliphatic heterocycles. The van der Waals surface area contributed by atoms with Gasteiger partial charge in [-0.25, -0.2) is 9.37 Å². The first-order chi connectivity index (χ1) is 12.1. The molecule has 0 saturated heterocycles. The lowest BCUT2D eigenvalue weighted by atomic mass is 10.1. The van der Waals surface area contributed by atoms with Crippen LogP contribution in [0.3, 0.4) is 0 Å². The SMILES string of the molecule is O=C(COc1ccc(F)cc1Cl)Nc1ncc(Cc2ccccc2)s1. The maximum Gasteiger partial charge on any atom is 0.264 e.